The summed E-state index contributed by atoms with van der Waals surface area (Å²) >= 11 is 3.35. The Balaban J connectivity index is 2.44. The van der Waals surface area contributed by atoms with E-state index in [9.17, 15) is 4.79 Å². The predicted octanol–water partition coefficient (Wildman–Crippen LogP) is 2.57. The van der Waals surface area contributed by atoms with E-state index in [0.29, 0.717) is 12.1 Å². The molecule has 0 atom stereocenters. The fourth-order valence-corrected chi connectivity index (χ4v) is 1.64. The van der Waals surface area contributed by atoms with Crippen LogP contribution in [0.2, 0.25) is 0 Å². The van der Waals surface area contributed by atoms with E-state index in [-0.39, 0.29) is 5.69 Å². The molecule has 0 radical (unpaired) electrons. The molecule has 82 valence electrons. The number of nitrogens with zero attached hydrogens (tertiary/aromatic N) is 2. The Morgan fingerprint density at radius 2 is 2.25 bits per heavy atom. The minimum Gasteiger partial charge on any atom is -0.461 e. The number of halogens is 1. The molecular formula is C11H9BrN2O2. The van der Waals surface area contributed by atoms with Gasteiger partial charge in [0.2, 0.25) is 0 Å². The van der Waals surface area contributed by atoms with E-state index in [1.807, 2.05) is 12.1 Å². The van der Waals surface area contributed by atoms with Crippen molar-refractivity contribution in [3.63, 3.8) is 0 Å². The van der Waals surface area contributed by atoms with Crippen LogP contribution in [0.3, 0.4) is 0 Å². The topological polar surface area (TPSA) is 52.1 Å². The molecule has 0 aliphatic heterocycles. The number of rotatable bonds is 2. The van der Waals surface area contributed by atoms with Crippen LogP contribution in [-0.2, 0) is 4.74 Å². The van der Waals surface area contributed by atoms with Crippen LogP contribution in [0.4, 0.5) is 0 Å². The van der Waals surface area contributed by atoms with Gasteiger partial charge >= 0.3 is 5.97 Å². The van der Waals surface area contributed by atoms with Gasteiger partial charge in [-0.15, -0.1) is 0 Å². The smallest absolute Gasteiger partial charge is 0.358 e. The summed E-state index contributed by atoms with van der Waals surface area (Å²) < 4.78 is 5.78. The standard InChI is InChI=1S/C11H9BrN2O2/c1-2-16-11(15)10-6-13-9-5-7(12)3-4-8(9)14-10/h3-6H,2H2,1H3. The van der Waals surface area contributed by atoms with Crippen LogP contribution in [0.1, 0.15) is 17.4 Å². The number of hydrogen-bond donors (Lipinski definition) is 0. The van der Waals surface area contributed by atoms with Crippen molar-refractivity contribution in [1.82, 2.24) is 9.97 Å². The summed E-state index contributed by atoms with van der Waals surface area (Å²) in [5.41, 5.74) is 1.65. The van der Waals surface area contributed by atoms with Crippen molar-refractivity contribution in [2.45, 2.75) is 6.92 Å². The lowest BCUT2D eigenvalue weighted by Gasteiger charge is -2.02. The van der Waals surface area contributed by atoms with Gasteiger partial charge in [0, 0.05) is 4.47 Å². The zero-order valence-electron chi connectivity index (χ0n) is 8.61. The SMILES string of the molecule is CCOC(=O)c1cnc2cc(Br)ccc2n1. The second-order valence-corrected chi connectivity index (χ2v) is 4.02. The molecule has 0 aliphatic carbocycles. The molecule has 1 aromatic heterocycles. The summed E-state index contributed by atoms with van der Waals surface area (Å²) in [4.78, 5) is 19.8. The molecule has 5 heteroatoms. The van der Waals surface area contributed by atoms with Crippen molar-refractivity contribution >= 4 is 32.9 Å². The maximum atomic E-state index is 11.4. The van der Waals surface area contributed by atoms with Crippen LogP contribution in [0.15, 0.2) is 28.9 Å². The first-order valence-corrected chi connectivity index (χ1v) is 5.59. The van der Waals surface area contributed by atoms with E-state index in [4.69, 9.17) is 4.74 Å². The number of carbonyl (C=O) groups excluding carboxylic acids is 1. The van der Waals surface area contributed by atoms with E-state index in [1.165, 1.54) is 6.20 Å². The van der Waals surface area contributed by atoms with Gasteiger partial charge in [-0.1, -0.05) is 15.9 Å². The molecule has 0 bridgehead atoms. The van der Waals surface area contributed by atoms with E-state index >= 15 is 0 Å². The highest BCUT2D eigenvalue weighted by Gasteiger charge is 2.09. The number of benzene rings is 1. The Morgan fingerprint density at radius 3 is 3.00 bits per heavy atom. The second kappa shape index (κ2) is 4.57. The van der Waals surface area contributed by atoms with E-state index in [2.05, 4.69) is 25.9 Å². The van der Waals surface area contributed by atoms with Gasteiger partial charge in [-0.05, 0) is 25.1 Å². The summed E-state index contributed by atoms with van der Waals surface area (Å²) in [6.07, 6.45) is 1.42. The van der Waals surface area contributed by atoms with Crippen LogP contribution in [0.25, 0.3) is 11.0 Å². The van der Waals surface area contributed by atoms with Crippen molar-refractivity contribution < 1.29 is 9.53 Å². The quantitative estimate of drug-likeness (QED) is 0.794. The average molecular weight is 281 g/mol. The summed E-state index contributed by atoms with van der Waals surface area (Å²) in [6, 6.07) is 5.50. The Kier molecular flexibility index (Phi) is 3.14. The molecule has 0 aliphatic rings. The minimum atomic E-state index is -0.445. The molecule has 16 heavy (non-hydrogen) atoms. The van der Waals surface area contributed by atoms with Gasteiger partial charge in [-0.25, -0.2) is 9.78 Å². The largest absolute Gasteiger partial charge is 0.461 e. The van der Waals surface area contributed by atoms with Crippen molar-refractivity contribution in [1.29, 1.82) is 0 Å². The van der Waals surface area contributed by atoms with Gasteiger partial charge in [0.1, 0.15) is 0 Å². The molecule has 0 unspecified atom stereocenters. The van der Waals surface area contributed by atoms with Crippen LogP contribution >= 0.6 is 15.9 Å². The Bertz CT molecular complexity index is 542. The molecule has 0 saturated heterocycles. The average Bonchev–Trinajstić information content (AvgIpc) is 2.28. The first-order chi connectivity index (χ1) is 7.70. The molecule has 2 rings (SSSR count). The fraction of sp³-hybridized carbons (Fsp3) is 0.182. The monoisotopic (exact) mass is 280 g/mol. The maximum absolute atomic E-state index is 11.4. The lowest BCUT2D eigenvalue weighted by molar-refractivity contribution is 0.0519. The third-order valence-corrected chi connectivity index (χ3v) is 2.48. The van der Waals surface area contributed by atoms with Gasteiger partial charge in [0.05, 0.1) is 23.8 Å². The first-order valence-electron chi connectivity index (χ1n) is 4.80. The van der Waals surface area contributed by atoms with Crippen LogP contribution in [0, 0.1) is 0 Å². The summed E-state index contributed by atoms with van der Waals surface area (Å²) in [6.45, 7) is 2.09. The molecule has 2 aromatic rings. The number of aromatic nitrogens is 2. The highest BCUT2D eigenvalue weighted by molar-refractivity contribution is 9.10. The van der Waals surface area contributed by atoms with Crippen molar-refractivity contribution in [2.24, 2.45) is 0 Å². The van der Waals surface area contributed by atoms with Crippen molar-refractivity contribution in [2.75, 3.05) is 6.61 Å². The third kappa shape index (κ3) is 2.19. The van der Waals surface area contributed by atoms with E-state index in [1.54, 1.807) is 13.0 Å². The van der Waals surface area contributed by atoms with Crippen LogP contribution < -0.4 is 0 Å². The second-order valence-electron chi connectivity index (χ2n) is 3.11. The first kappa shape index (κ1) is 11.0. The highest BCUT2D eigenvalue weighted by Crippen LogP contribution is 2.16. The van der Waals surface area contributed by atoms with E-state index < -0.39 is 5.97 Å². The molecule has 0 amide bonds. The van der Waals surface area contributed by atoms with E-state index in [0.717, 1.165) is 9.99 Å². The number of esters is 1. The zero-order valence-corrected chi connectivity index (χ0v) is 10.2. The maximum Gasteiger partial charge on any atom is 0.358 e. The fourth-order valence-electron chi connectivity index (χ4n) is 1.29. The van der Waals surface area contributed by atoms with Crippen LogP contribution in [0.5, 0.6) is 0 Å². The lowest BCUT2D eigenvalue weighted by Crippen LogP contribution is -2.07. The Morgan fingerprint density at radius 1 is 1.44 bits per heavy atom. The summed E-state index contributed by atoms with van der Waals surface area (Å²) in [5, 5.41) is 0. The molecule has 1 heterocycles. The lowest BCUT2D eigenvalue weighted by atomic mass is 10.3. The molecule has 4 nitrogen and oxygen atoms in total. The zero-order chi connectivity index (χ0) is 11.5. The van der Waals surface area contributed by atoms with Gasteiger partial charge in [-0.2, -0.15) is 0 Å². The van der Waals surface area contributed by atoms with Crippen molar-refractivity contribution in [3.8, 4) is 0 Å². The normalized spacial score (nSPS) is 10.4. The van der Waals surface area contributed by atoms with Crippen LogP contribution in [-0.4, -0.2) is 22.5 Å². The van der Waals surface area contributed by atoms with Gasteiger partial charge in [0.15, 0.2) is 5.69 Å². The van der Waals surface area contributed by atoms with Gasteiger partial charge in [0.25, 0.3) is 0 Å². The van der Waals surface area contributed by atoms with Crippen molar-refractivity contribution in [3.05, 3.63) is 34.6 Å². The number of carbonyl (C=O) groups is 1. The summed E-state index contributed by atoms with van der Waals surface area (Å²) in [5.74, 6) is -0.445. The highest BCUT2D eigenvalue weighted by atomic mass is 79.9. The van der Waals surface area contributed by atoms with Gasteiger partial charge in [-0.3, -0.25) is 4.98 Å². The molecule has 1 aromatic carbocycles. The number of hydrogen-bond acceptors (Lipinski definition) is 4. The summed E-state index contributed by atoms with van der Waals surface area (Å²) in [7, 11) is 0. The third-order valence-electron chi connectivity index (χ3n) is 1.99. The molecule has 0 spiro atoms. The predicted molar refractivity (Wildman–Crippen MR) is 63.2 cm³/mol. The molecular weight excluding hydrogens is 272 g/mol. The molecule has 0 N–H and O–H groups in total. The number of ether oxygens (including phenoxy) is 1. The Labute approximate surface area is 101 Å². The molecule has 0 fully saturated rings. The van der Waals surface area contributed by atoms with Gasteiger partial charge < -0.3 is 4.74 Å². The number of fused-ring (bicyclic) bond motifs is 1. The minimum absolute atomic E-state index is 0.233. The Hall–Kier alpha value is -1.49. The molecule has 0 saturated carbocycles.